The third-order valence-corrected chi connectivity index (χ3v) is 6.05. The molecule has 0 radical (unpaired) electrons. The summed E-state index contributed by atoms with van der Waals surface area (Å²) in [5.41, 5.74) is 1.98. The van der Waals surface area contributed by atoms with Crippen LogP contribution in [-0.2, 0) is 10.0 Å². The number of hydrogen-bond acceptors (Lipinski definition) is 7. The Bertz CT molecular complexity index is 1290. The van der Waals surface area contributed by atoms with Crippen molar-refractivity contribution in [1.29, 1.82) is 0 Å². The summed E-state index contributed by atoms with van der Waals surface area (Å²) in [4.78, 5) is 20.7. The van der Waals surface area contributed by atoms with Crippen molar-refractivity contribution in [3.05, 3.63) is 70.5 Å². The van der Waals surface area contributed by atoms with Crippen LogP contribution in [0.4, 0.5) is 11.6 Å². The Morgan fingerprint density at radius 2 is 1.67 bits per heavy atom. The summed E-state index contributed by atoms with van der Waals surface area (Å²) in [6.45, 7) is 3.49. The molecular weight excluding hydrogens is 486 g/mol. The number of anilines is 2. The minimum absolute atomic E-state index is 0.00460. The Kier molecular flexibility index (Phi) is 7.46. The van der Waals surface area contributed by atoms with E-state index in [4.69, 9.17) is 28.6 Å². The number of rotatable bonds is 6. The fourth-order valence-electron chi connectivity index (χ4n) is 2.86. The van der Waals surface area contributed by atoms with Crippen molar-refractivity contribution in [2.75, 3.05) is 17.1 Å². The summed E-state index contributed by atoms with van der Waals surface area (Å²) < 4.78 is 32.8. The van der Waals surface area contributed by atoms with Crippen molar-refractivity contribution < 1.29 is 17.9 Å². The molecule has 33 heavy (non-hydrogen) atoms. The molecule has 0 aliphatic heterocycles. The van der Waals surface area contributed by atoms with Crippen LogP contribution in [0.25, 0.3) is 0 Å². The van der Waals surface area contributed by atoms with Crippen LogP contribution < -0.4 is 20.1 Å². The molecule has 2 aromatic carbocycles. The Balaban J connectivity index is 1.67. The summed E-state index contributed by atoms with van der Waals surface area (Å²) in [6.07, 6.45) is 0. The lowest BCUT2D eigenvalue weighted by Gasteiger charge is -2.12. The van der Waals surface area contributed by atoms with Gasteiger partial charge >= 0.3 is 0 Å². The number of nitrogens with zero attached hydrogens (tertiary/aromatic N) is 2. The zero-order chi connectivity index (χ0) is 24.2. The number of methoxy groups -OCH3 is 1. The first-order chi connectivity index (χ1) is 15.6. The standard InChI is InChI=1S/C21H20ClN5O4S2/c1-12-10-13(2)24-20(23-12)27-33(29,30)16-7-5-15(6-8-16)25-21(32)26-19(28)17-11-14(22)4-9-18(17)31-3/h4-11H,1-3H3,(H,23,24,27)(H2,25,26,28,32). The van der Waals surface area contributed by atoms with Gasteiger partial charge in [-0.15, -0.1) is 0 Å². The highest BCUT2D eigenvalue weighted by molar-refractivity contribution is 7.92. The second-order valence-corrected chi connectivity index (χ2v) is 9.38. The topological polar surface area (TPSA) is 122 Å². The van der Waals surface area contributed by atoms with Crippen molar-refractivity contribution >= 4 is 56.5 Å². The smallest absolute Gasteiger partial charge is 0.264 e. The van der Waals surface area contributed by atoms with E-state index < -0.39 is 15.9 Å². The van der Waals surface area contributed by atoms with Crippen molar-refractivity contribution in [2.45, 2.75) is 18.7 Å². The largest absolute Gasteiger partial charge is 0.496 e. The highest BCUT2D eigenvalue weighted by Crippen LogP contribution is 2.22. The van der Waals surface area contributed by atoms with Gasteiger partial charge in [0, 0.05) is 22.1 Å². The van der Waals surface area contributed by atoms with Crippen LogP contribution in [0.5, 0.6) is 5.75 Å². The van der Waals surface area contributed by atoms with E-state index >= 15 is 0 Å². The average molecular weight is 506 g/mol. The van der Waals surface area contributed by atoms with Gasteiger partial charge in [-0.2, -0.15) is 0 Å². The van der Waals surface area contributed by atoms with Crippen LogP contribution in [0.2, 0.25) is 5.02 Å². The van der Waals surface area contributed by atoms with Crippen LogP contribution in [0.1, 0.15) is 21.7 Å². The number of nitrogens with one attached hydrogen (secondary N) is 3. The maximum atomic E-state index is 12.6. The van der Waals surface area contributed by atoms with E-state index in [9.17, 15) is 13.2 Å². The number of carbonyl (C=O) groups excluding carboxylic acids is 1. The lowest BCUT2D eigenvalue weighted by atomic mass is 10.2. The zero-order valence-corrected chi connectivity index (χ0v) is 20.2. The second-order valence-electron chi connectivity index (χ2n) is 6.86. The van der Waals surface area contributed by atoms with Crippen LogP contribution in [0.3, 0.4) is 0 Å². The molecule has 0 bridgehead atoms. The molecule has 0 atom stereocenters. The number of carbonyl (C=O) groups is 1. The molecule has 0 aliphatic rings. The number of thiocarbonyl (C=S) groups is 1. The van der Waals surface area contributed by atoms with Gasteiger partial charge in [0.05, 0.1) is 17.6 Å². The maximum absolute atomic E-state index is 12.6. The first kappa shape index (κ1) is 24.4. The molecule has 12 heteroatoms. The van der Waals surface area contributed by atoms with E-state index in [0.29, 0.717) is 27.8 Å². The maximum Gasteiger partial charge on any atom is 0.264 e. The number of hydrogen-bond donors (Lipinski definition) is 3. The summed E-state index contributed by atoms with van der Waals surface area (Å²) in [6, 6.07) is 12.2. The van der Waals surface area contributed by atoms with E-state index in [2.05, 4.69) is 25.3 Å². The summed E-state index contributed by atoms with van der Waals surface area (Å²) in [7, 11) is -2.45. The van der Waals surface area contributed by atoms with Crippen molar-refractivity contribution in [1.82, 2.24) is 15.3 Å². The molecule has 0 saturated heterocycles. The summed E-state index contributed by atoms with van der Waals surface area (Å²) >= 11 is 11.1. The first-order valence-electron chi connectivity index (χ1n) is 9.48. The van der Waals surface area contributed by atoms with E-state index in [0.717, 1.165) is 0 Å². The monoisotopic (exact) mass is 505 g/mol. The van der Waals surface area contributed by atoms with E-state index in [1.807, 2.05) is 0 Å². The quantitative estimate of drug-likeness (QED) is 0.433. The predicted octanol–water partition coefficient (Wildman–Crippen LogP) is 3.68. The molecule has 1 amide bonds. The Hall–Kier alpha value is -3.28. The molecule has 3 N–H and O–H groups in total. The third kappa shape index (κ3) is 6.37. The fourth-order valence-corrected chi connectivity index (χ4v) is 4.19. The number of halogens is 1. The third-order valence-electron chi connectivity index (χ3n) is 4.26. The van der Waals surface area contributed by atoms with Crippen molar-refractivity contribution in [2.24, 2.45) is 0 Å². The van der Waals surface area contributed by atoms with E-state index in [-0.39, 0.29) is 21.5 Å². The fraction of sp³-hybridized carbons (Fsp3) is 0.143. The minimum Gasteiger partial charge on any atom is -0.496 e. The van der Waals surface area contributed by atoms with Crippen LogP contribution in [0, 0.1) is 13.8 Å². The molecule has 0 spiro atoms. The van der Waals surface area contributed by atoms with Gasteiger partial charge in [-0.1, -0.05) is 11.6 Å². The van der Waals surface area contributed by atoms with Gasteiger partial charge in [0.15, 0.2) is 5.11 Å². The molecule has 1 heterocycles. The number of benzene rings is 2. The first-order valence-corrected chi connectivity index (χ1v) is 11.8. The highest BCUT2D eigenvalue weighted by atomic mass is 35.5. The number of sulfonamides is 1. The molecule has 172 valence electrons. The number of ether oxygens (including phenoxy) is 1. The van der Waals surface area contributed by atoms with E-state index in [1.54, 1.807) is 32.0 Å². The molecule has 3 aromatic rings. The second kappa shape index (κ2) is 10.1. The molecule has 0 unspecified atom stereocenters. The van der Waals surface area contributed by atoms with Gasteiger partial charge < -0.3 is 10.1 Å². The van der Waals surface area contributed by atoms with Gasteiger partial charge in [0.1, 0.15) is 5.75 Å². The zero-order valence-electron chi connectivity index (χ0n) is 17.8. The van der Waals surface area contributed by atoms with Gasteiger partial charge in [-0.05, 0) is 74.6 Å². The summed E-state index contributed by atoms with van der Waals surface area (Å²) in [5, 5.41) is 5.74. The Morgan fingerprint density at radius 3 is 2.27 bits per heavy atom. The van der Waals surface area contributed by atoms with Gasteiger partial charge in [-0.3, -0.25) is 10.1 Å². The van der Waals surface area contributed by atoms with Crippen molar-refractivity contribution in [3.63, 3.8) is 0 Å². The van der Waals surface area contributed by atoms with Gasteiger partial charge in [-0.25, -0.2) is 23.1 Å². The molecule has 0 fully saturated rings. The molecule has 9 nitrogen and oxygen atoms in total. The number of aromatic nitrogens is 2. The highest BCUT2D eigenvalue weighted by Gasteiger charge is 2.17. The van der Waals surface area contributed by atoms with E-state index in [1.165, 1.54) is 37.4 Å². The summed E-state index contributed by atoms with van der Waals surface area (Å²) in [5.74, 6) is -0.173. The lowest BCUT2D eigenvalue weighted by Crippen LogP contribution is -2.34. The molecule has 0 saturated carbocycles. The van der Waals surface area contributed by atoms with Crippen molar-refractivity contribution in [3.8, 4) is 5.75 Å². The number of aryl methyl sites for hydroxylation is 2. The predicted molar refractivity (Wildman–Crippen MR) is 130 cm³/mol. The average Bonchev–Trinajstić information content (AvgIpc) is 2.73. The lowest BCUT2D eigenvalue weighted by molar-refractivity contribution is 0.0974. The number of amides is 1. The van der Waals surface area contributed by atoms with Crippen LogP contribution in [0.15, 0.2) is 53.4 Å². The molecule has 0 aliphatic carbocycles. The van der Waals surface area contributed by atoms with Crippen LogP contribution >= 0.6 is 23.8 Å². The van der Waals surface area contributed by atoms with Gasteiger partial charge in [0.2, 0.25) is 5.95 Å². The van der Waals surface area contributed by atoms with Gasteiger partial charge in [0.25, 0.3) is 15.9 Å². The molecule has 3 rings (SSSR count). The SMILES string of the molecule is COc1ccc(Cl)cc1C(=O)NC(=S)Nc1ccc(S(=O)(=O)Nc2nc(C)cc(C)n2)cc1. The normalized spacial score (nSPS) is 10.9. The Labute approximate surface area is 201 Å². The minimum atomic E-state index is -3.89. The Morgan fingerprint density at radius 1 is 1.03 bits per heavy atom. The molecule has 1 aromatic heterocycles. The molecular formula is C21H20ClN5O4S2. The van der Waals surface area contributed by atoms with Crippen LogP contribution in [-0.4, -0.2) is 36.5 Å².